The van der Waals surface area contributed by atoms with Gasteiger partial charge in [0.15, 0.2) is 0 Å². The summed E-state index contributed by atoms with van der Waals surface area (Å²) in [7, 11) is 1.00. The summed E-state index contributed by atoms with van der Waals surface area (Å²) in [5.74, 6) is 0.213. The van der Waals surface area contributed by atoms with Gasteiger partial charge >= 0.3 is 0 Å². The Bertz CT molecular complexity index is 173. The average Bonchev–Trinajstić information content (AvgIpc) is 2.68. The highest BCUT2D eigenvalue weighted by Gasteiger charge is 2.23. The van der Waals surface area contributed by atoms with E-state index in [2.05, 4.69) is 6.92 Å². The van der Waals surface area contributed by atoms with Crippen molar-refractivity contribution in [1.29, 1.82) is 0 Å². The lowest BCUT2D eigenvalue weighted by Gasteiger charge is -2.14. The second-order valence-corrected chi connectivity index (χ2v) is 3.74. The predicted molar refractivity (Wildman–Crippen MR) is 59.5 cm³/mol. The number of β-amino-alcohol motifs (C(OH)–C–C–N with tert-alkyl or cyclic N) is 1. The third-order valence-electron chi connectivity index (χ3n) is 2.51. The molecule has 0 aromatic rings. The predicted octanol–water partition coefficient (Wildman–Crippen LogP) is 0.768. The largest absolute Gasteiger partial charge is 0.400 e. The van der Waals surface area contributed by atoms with Crippen molar-refractivity contribution in [2.24, 2.45) is 0 Å². The van der Waals surface area contributed by atoms with E-state index in [0.29, 0.717) is 13.0 Å². The first-order valence-electron chi connectivity index (χ1n) is 5.64. The van der Waals surface area contributed by atoms with Crippen LogP contribution in [0.25, 0.3) is 0 Å². The van der Waals surface area contributed by atoms with Crippen LogP contribution in [0.4, 0.5) is 0 Å². The number of rotatable bonds is 4. The summed E-state index contributed by atoms with van der Waals surface area (Å²) < 4.78 is 0. The van der Waals surface area contributed by atoms with Crippen molar-refractivity contribution >= 4 is 5.91 Å². The molecule has 1 heterocycles. The molecule has 0 aromatic heterocycles. The molecule has 1 aliphatic rings. The molecule has 0 spiro atoms. The van der Waals surface area contributed by atoms with Gasteiger partial charge in [-0.25, -0.2) is 0 Å². The normalized spacial score (nSPS) is 19.7. The van der Waals surface area contributed by atoms with Crippen LogP contribution in [0.5, 0.6) is 0 Å². The number of hydrogen-bond acceptors (Lipinski definition) is 3. The van der Waals surface area contributed by atoms with E-state index in [-0.39, 0.29) is 12.0 Å². The maximum absolute atomic E-state index is 11.5. The molecule has 1 saturated heterocycles. The van der Waals surface area contributed by atoms with Gasteiger partial charge in [-0.3, -0.25) is 4.79 Å². The molecule has 1 unspecified atom stereocenters. The second kappa shape index (κ2) is 8.68. The van der Waals surface area contributed by atoms with Gasteiger partial charge in [0, 0.05) is 26.6 Å². The summed E-state index contributed by atoms with van der Waals surface area (Å²) in [6.07, 6.45) is 4.38. The number of amides is 1. The topological polar surface area (TPSA) is 60.8 Å². The van der Waals surface area contributed by atoms with Gasteiger partial charge in [-0.15, -0.1) is 0 Å². The van der Waals surface area contributed by atoms with Crippen molar-refractivity contribution < 1.29 is 15.0 Å². The first-order chi connectivity index (χ1) is 7.24. The molecule has 4 heteroatoms. The zero-order valence-corrected chi connectivity index (χ0v) is 9.78. The van der Waals surface area contributed by atoms with Gasteiger partial charge in [0.1, 0.15) is 0 Å². The molecule has 15 heavy (non-hydrogen) atoms. The van der Waals surface area contributed by atoms with Gasteiger partial charge < -0.3 is 15.1 Å². The van der Waals surface area contributed by atoms with E-state index >= 15 is 0 Å². The fourth-order valence-corrected chi connectivity index (χ4v) is 1.65. The average molecular weight is 217 g/mol. The molecule has 1 rings (SSSR count). The molecule has 1 fully saturated rings. The van der Waals surface area contributed by atoms with Crippen molar-refractivity contribution in [3.8, 4) is 0 Å². The standard InChI is InChI=1S/C10H19NO2.CH4O/c1-2-3-4-5-10(13)11-7-6-9(12)8-11;1-2/h9,12H,2-8H2,1H3;2H,1H3. The molecule has 1 aliphatic heterocycles. The summed E-state index contributed by atoms with van der Waals surface area (Å²) >= 11 is 0. The molecule has 0 aromatic carbocycles. The van der Waals surface area contributed by atoms with E-state index in [4.69, 9.17) is 5.11 Å². The Balaban J connectivity index is 0.000000921. The summed E-state index contributed by atoms with van der Waals surface area (Å²) in [5, 5.41) is 16.2. The van der Waals surface area contributed by atoms with Crippen LogP contribution < -0.4 is 0 Å². The molecule has 0 radical (unpaired) electrons. The van der Waals surface area contributed by atoms with Crippen molar-refractivity contribution in [2.45, 2.75) is 45.1 Å². The number of aliphatic hydroxyl groups is 2. The van der Waals surface area contributed by atoms with E-state index in [9.17, 15) is 9.90 Å². The van der Waals surface area contributed by atoms with E-state index in [1.54, 1.807) is 4.90 Å². The molecule has 1 atom stereocenters. The third kappa shape index (κ3) is 5.74. The molecule has 2 N–H and O–H groups in total. The Morgan fingerprint density at radius 1 is 1.40 bits per heavy atom. The maximum atomic E-state index is 11.5. The Kier molecular flexibility index (Phi) is 8.33. The number of likely N-dealkylation sites (tertiary alicyclic amines) is 1. The van der Waals surface area contributed by atoms with E-state index in [0.717, 1.165) is 39.3 Å². The fourth-order valence-electron chi connectivity index (χ4n) is 1.65. The zero-order valence-electron chi connectivity index (χ0n) is 9.78. The van der Waals surface area contributed by atoms with Gasteiger partial charge in [0.25, 0.3) is 0 Å². The van der Waals surface area contributed by atoms with Crippen molar-refractivity contribution in [3.63, 3.8) is 0 Å². The van der Waals surface area contributed by atoms with Crippen LogP contribution in [-0.4, -0.2) is 47.3 Å². The summed E-state index contributed by atoms with van der Waals surface area (Å²) in [6, 6.07) is 0. The van der Waals surface area contributed by atoms with Crippen LogP contribution in [0.2, 0.25) is 0 Å². The zero-order chi connectivity index (χ0) is 11.7. The minimum absolute atomic E-state index is 0.213. The van der Waals surface area contributed by atoms with Crippen molar-refractivity contribution in [1.82, 2.24) is 4.90 Å². The fraction of sp³-hybridized carbons (Fsp3) is 0.909. The Hall–Kier alpha value is -0.610. The van der Waals surface area contributed by atoms with Crippen LogP contribution in [-0.2, 0) is 4.79 Å². The smallest absolute Gasteiger partial charge is 0.222 e. The lowest BCUT2D eigenvalue weighted by Crippen LogP contribution is -2.29. The molecular weight excluding hydrogens is 194 g/mol. The third-order valence-corrected chi connectivity index (χ3v) is 2.51. The molecule has 0 saturated carbocycles. The molecular formula is C11H23NO3. The Labute approximate surface area is 91.9 Å². The Morgan fingerprint density at radius 3 is 2.53 bits per heavy atom. The van der Waals surface area contributed by atoms with E-state index in [1.807, 2.05) is 0 Å². The summed E-state index contributed by atoms with van der Waals surface area (Å²) in [5.41, 5.74) is 0. The van der Waals surface area contributed by atoms with Crippen LogP contribution in [0.1, 0.15) is 39.0 Å². The molecule has 1 amide bonds. The quantitative estimate of drug-likeness (QED) is 0.684. The van der Waals surface area contributed by atoms with Gasteiger partial charge in [0.2, 0.25) is 5.91 Å². The van der Waals surface area contributed by atoms with Gasteiger partial charge in [-0.05, 0) is 12.8 Å². The minimum atomic E-state index is -0.282. The van der Waals surface area contributed by atoms with Crippen molar-refractivity contribution in [3.05, 3.63) is 0 Å². The molecule has 0 bridgehead atoms. The van der Waals surface area contributed by atoms with Gasteiger partial charge in [-0.2, -0.15) is 0 Å². The Morgan fingerprint density at radius 2 is 2.07 bits per heavy atom. The number of unbranched alkanes of at least 4 members (excludes halogenated alkanes) is 2. The minimum Gasteiger partial charge on any atom is -0.400 e. The number of aliphatic hydroxyl groups excluding tert-OH is 2. The monoisotopic (exact) mass is 217 g/mol. The highest BCUT2D eigenvalue weighted by molar-refractivity contribution is 5.76. The number of hydrogen-bond donors (Lipinski definition) is 2. The first kappa shape index (κ1) is 14.4. The lowest BCUT2D eigenvalue weighted by molar-refractivity contribution is -0.130. The van der Waals surface area contributed by atoms with Crippen molar-refractivity contribution in [2.75, 3.05) is 20.2 Å². The van der Waals surface area contributed by atoms with Crippen LogP contribution in [0, 0.1) is 0 Å². The second-order valence-electron chi connectivity index (χ2n) is 3.74. The lowest BCUT2D eigenvalue weighted by atomic mass is 10.2. The molecule has 0 aliphatic carbocycles. The highest BCUT2D eigenvalue weighted by atomic mass is 16.3. The van der Waals surface area contributed by atoms with Crippen LogP contribution in [0.3, 0.4) is 0 Å². The molecule has 90 valence electrons. The summed E-state index contributed by atoms with van der Waals surface area (Å²) in [6.45, 7) is 3.42. The SMILES string of the molecule is CCCCCC(=O)N1CCC(O)C1.CO. The number of nitrogens with zero attached hydrogens (tertiary/aromatic N) is 1. The highest BCUT2D eigenvalue weighted by Crippen LogP contribution is 2.11. The molecule has 4 nitrogen and oxygen atoms in total. The number of carbonyl (C=O) groups excluding carboxylic acids is 1. The van der Waals surface area contributed by atoms with E-state index in [1.165, 1.54) is 0 Å². The van der Waals surface area contributed by atoms with Gasteiger partial charge in [0.05, 0.1) is 6.10 Å². The van der Waals surface area contributed by atoms with Crippen LogP contribution >= 0.6 is 0 Å². The summed E-state index contributed by atoms with van der Waals surface area (Å²) in [4.78, 5) is 13.3. The first-order valence-corrected chi connectivity index (χ1v) is 5.64. The van der Waals surface area contributed by atoms with E-state index < -0.39 is 0 Å². The van der Waals surface area contributed by atoms with Gasteiger partial charge in [-0.1, -0.05) is 19.8 Å². The number of carbonyl (C=O) groups is 1. The van der Waals surface area contributed by atoms with Crippen LogP contribution in [0.15, 0.2) is 0 Å². The maximum Gasteiger partial charge on any atom is 0.222 e.